The van der Waals surface area contributed by atoms with Gasteiger partial charge in [0.15, 0.2) is 0 Å². The number of aliphatic hydroxyl groups excluding tert-OH is 1. The van der Waals surface area contributed by atoms with Gasteiger partial charge in [-0.25, -0.2) is 0 Å². The molecule has 0 aliphatic rings. The fourth-order valence-electron chi connectivity index (χ4n) is 1.26. The number of nitrogens with one attached hydrogen (secondary N) is 1. The predicted octanol–water partition coefficient (Wildman–Crippen LogP) is 0.968. The summed E-state index contributed by atoms with van der Waals surface area (Å²) >= 11 is 0. The van der Waals surface area contributed by atoms with E-state index in [0.717, 1.165) is 13.0 Å². The molecular weight excluding hydrogens is 176 g/mol. The smallest absolute Gasteiger partial charge is 0.0610 e. The van der Waals surface area contributed by atoms with Crippen LogP contribution in [0.15, 0.2) is 0 Å². The van der Waals surface area contributed by atoms with Crippen LogP contribution in [-0.4, -0.2) is 30.3 Å². The van der Waals surface area contributed by atoms with Gasteiger partial charge in [-0.3, -0.25) is 0 Å². The summed E-state index contributed by atoms with van der Waals surface area (Å²) in [5.41, 5.74) is 5.53. The van der Waals surface area contributed by atoms with Gasteiger partial charge in [-0.05, 0) is 38.3 Å². The molecule has 0 amide bonds. The van der Waals surface area contributed by atoms with E-state index in [1.165, 1.54) is 0 Å². The zero-order chi connectivity index (χ0) is 11.2. The van der Waals surface area contributed by atoms with Gasteiger partial charge in [0, 0.05) is 5.54 Å². The molecule has 4 N–H and O–H groups in total. The van der Waals surface area contributed by atoms with Crippen LogP contribution in [-0.2, 0) is 0 Å². The van der Waals surface area contributed by atoms with Crippen LogP contribution in [0.2, 0.25) is 0 Å². The lowest BCUT2D eigenvalue weighted by molar-refractivity contribution is 0.160. The molecule has 0 heterocycles. The number of hydrogen-bond acceptors (Lipinski definition) is 3. The Hall–Kier alpha value is -0.120. The molecule has 0 aliphatic carbocycles. The summed E-state index contributed by atoms with van der Waals surface area (Å²) in [7, 11) is 0. The fourth-order valence-corrected chi connectivity index (χ4v) is 1.26. The number of aliphatic hydroxyl groups is 1. The highest BCUT2D eigenvalue weighted by molar-refractivity contribution is 4.82. The molecule has 0 radical (unpaired) electrons. The zero-order valence-corrected chi connectivity index (χ0v) is 10.0. The van der Waals surface area contributed by atoms with E-state index in [9.17, 15) is 5.11 Å². The number of rotatable bonds is 7. The molecule has 3 heteroatoms. The summed E-state index contributed by atoms with van der Waals surface area (Å²) in [6.07, 6.45) is 0.929. The molecule has 0 aliphatic heterocycles. The molecular formula is C11H26N2O. The molecule has 0 aromatic carbocycles. The minimum atomic E-state index is -0.150. The van der Waals surface area contributed by atoms with Crippen molar-refractivity contribution in [2.24, 2.45) is 17.6 Å². The largest absolute Gasteiger partial charge is 0.394 e. The maximum atomic E-state index is 9.22. The highest BCUT2D eigenvalue weighted by atomic mass is 16.3. The first-order chi connectivity index (χ1) is 6.49. The Morgan fingerprint density at radius 1 is 1.43 bits per heavy atom. The lowest BCUT2D eigenvalue weighted by Crippen LogP contribution is -2.48. The second-order valence-corrected chi connectivity index (χ2v) is 4.69. The van der Waals surface area contributed by atoms with Crippen LogP contribution in [0.5, 0.6) is 0 Å². The third kappa shape index (κ3) is 4.40. The van der Waals surface area contributed by atoms with Crippen molar-refractivity contribution in [2.75, 3.05) is 19.7 Å². The normalized spacial score (nSPS) is 18.2. The summed E-state index contributed by atoms with van der Waals surface area (Å²) < 4.78 is 0. The molecule has 3 nitrogen and oxygen atoms in total. The van der Waals surface area contributed by atoms with Gasteiger partial charge in [0.05, 0.1) is 6.61 Å². The Balaban J connectivity index is 4.00. The molecule has 0 fully saturated rings. The van der Waals surface area contributed by atoms with E-state index in [1.807, 2.05) is 6.92 Å². The van der Waals surface area contributed by atoms with Gasteiger partial charge < -0.3 is 16.2 Å². The van der Waals surface area contributed by atoms with E-state index in [4.69, 9.17) is 5.73 Å². The Kier molecular flexibility index (Phi) is 6.33. The molecule has 0 saturated carbocycles. The van der Waals surface area contributed by atoms with Crippen LogP contribution in [0.3, 0.4) is 0 Å². The summed E-state index contributed by atoms with van der Waals surface area (Å²) in [6, 6.07) is 0. The zero-order valence-electron chi connectivity index (χ0n) is 10.0. The Morgan fingerprint density at radius 2 is 2.00 bits per heavy atom. The molecule has 0 spiro atoms. The van der Waals surface area contributed by atoms with Crippen LogP contribution < -0.4 is 11.1 Å². The van der Waals surface area contributed by atoms with Crippen LogP contribution in [0, 0.1) is 11.8 Å². The van der Waals surface area contributed by atoms with E-state index < -0.39 is 0 Å². The topological polar surface area (TPSA) is 58.3 Å². The standard InChI is InChI=1S/C11H26N2O/c1-5-11(4,8-14)13-7-10(6-12)9(2)3/h9-10,13-14H,5-8,12H2,1-4H3. The minimum absolute atomic E-state index is 0.150. The van der Waals surface area contributed by atoms with Gasteiger partial charge in [-0.2, -0.15) is 0 Å². The van der Waals surface area contributed by atoms with Gasteiger partial charge in [0.25, 0.3) is 0 Å². The van der Waals surface area contributed by atoms with E-state index in [0.29, 0.717) is 18.4 Å². The third-order valence-corrected chi connectivity index (χ3v) is 3.17. The van der Waals surface area contributed by atoms with E-state index in [2.05, 4.69) is 26.1 Å². The maximum Gasteiger partial charge on any atom is 0.0610 e. The molecule has 0 aromatic heterocycles. The molecule has 86 valence electrons. The van der Waals surface area contributed by atoms with Crippen molar-refractivity contribution in [2.45, 2.75) is 39.7 Å². The van der Waals surface area contributed by atoms with Crippen LogP contribution >= 0.6 is 0 Å². The van der Waals surface area contributed by atoms with E-state index in [1.54, 1.807) is 0 Å². The quantitative estimate of drug-likeness (QED) is 0.576. The lowest BCUT2D eigenvalue weighted by Gasteiger charge is -2.30. The second kappa shape index (κ2) is 6.38. The Labute approximate surface area is 88.1 Å². The van der Waals surface area contributed by atoms with E-state index >= 15 is 0 Å². The average Bonchev–Trinajstić information content (AvgIpc) is 2.18. The van der Waals surface area contributed by atoms with Gasteiger partial charge in [0.1, 0.15) is 0 Å². The van der Waals surface area contributed by atoms with Gasteiger partial charge in [-0.1, -0.05) is 20.8 Å². The first-order valence-electron chi connectivity index (χ1n) is 5.55. The molecule has 0 saturated heterocycles. The molecule has 0 bridgehead atoms. The van der Waals surface area contributed by atoms with Crippen LogP contribution in [0.4, 0.5) is 0 Å². The highest BCUT2D eigenvalue weighted by Crippen LogP contribution is 2.12. The summed E-state index contributed by atoms with van der Waals surface area (Å²) in [4.78, 5) is 0. The first-order valence-corrected chi connectivity index (χ1v) is 5.55. The van der Waals surface area contributed by atoms with Gasteiger partial charge in [0.2, 0.25) is 0 Å². The molecule has 2 atom stereocenters. The fraction of sp³-hybridized carbons (Fsp3) is 1.00. The Morgan fingerprint density at radius 3 is 2.29 bits per heavy atom. The number of nitrogens with two attached hydrogens (primary N) is 1. The van der Waals surface area contributed by atoms with Crippen molar-refractivity contribution < 1.29 is 5.11 Å². The molecule has 2 unspecified atom stereocenters. The molecule has 14 heavy (non-hydrogen) atoms. The maximum absolute atomic E-state index is 9.22. The third-order valence-electron chi connectivity index (χ3n) is 3.17. The summed E-state index contributed by atoms with van der Waals surface area (Å²) in [5, 5.41) is 12.6. The monoisotopic (exact) mass is 202 g/mol. The Bertz CT molecular complexity index is 144. The van der Waals surface area contributed by atoms with Crippen molar-refractivity contribution in [3.63, 3.8) is 0 Å². The van der Waals surface area contributed by atoms with Crippen molar-refractivity contribution in [3.05, 3.63) is 0 Å². The van der Waals surface area contributed by atoms with Crippen molar-refractivity contribution >= 4 is 0 Å². The molecule has 0 aromatic rings. The van der Waals surface area contributed by atoms with Crippen molar-refractivity contribution in [3.8, 4) is 0 Å². The SMILES string of the molecule is CCC(C)(CO)NCC(CN)C(C)C. The van der Waals surface area contributed by atoms with E-state index in [-0.39, 0.29) is 12.1 Å². The molecule has 0 rings (SSSR count). The van der Waals surface area contributed by atoms with Crippen molar-refractivity contribution in [1.29, 1.82) is 0 Å². The summed E-state index contributed by atoms with van der Waals surface area (Å²) in [6.45, 7) is 10.3. The van der Waals surface area contributed by atoms with Crippen molar-refractivity contribution in [1.82, 2.24) is 5.32 Å². The van der Waals surface area contributed by atoms with Gasteiger partial charge in [-0.15, -0.1) is 0 Å². The second-order valence-electron chi connectivity index (χ2n) is 4.69. The van der Waals surface area contributed by atoms with Crippen LogP contribution in [0.25, 0.3) is 0 Å². The number of hydrogen-bond donors (Lipinski definition) is 3. The first kappa shape index (κ1) is 13.9. The summed E-state index contributed by atoms with van der Waals surface area (Å²) in [5.74, 6) is 1.08. The van der Waals surface area contributed by atoms with Crippen LogP contribution in [0.1, 0.15) is 34.1 Å². The van der Waals surface area contributed by atoms with Gasteiger partial charge >= 0.3 is 0 Å². The average molecular weight is 202 g/mol. The minimum Gasteiger partial charge on any atom is -0.394 e. The lowest BCUT2D eigenvalue weighted by atomic mass is 9.93. The highest BCUT2D eigenvalue weighted by Gasteiger charge is 2.22. The predicted molar refractivity (Wildman–Crippen MR) is 61.2 cm³/mol.